The van der Waals surface area contributed by atoms with Crippen molar-refractivity contribution < 1.29 is 0 Å². The lowest BCUT2D eigenvalue weighted by Crippen LogP contribution is -2.37. The molecule has 1 aliphatic rings. The van der Waals surface area contributed by atoms with Crippen LogP contribution < -0.4 is 5.73 Å². The highest BCUT2D eigenvalue weighted by Crippen LogP contribution is 2.41. The maximum Gasteiger partial charge on any atom is 0.0624 e. The van der Waals surface area contributed by atoms with Gasteiger partial charge in [-0.1, -0.05) is 56.1 Å². The average molecular weight is 328 g/mol. The molecule has 0 radical (unpaired) electrons. The summed E-state index contributed by atoms with van der Waals surface area (Å²) < 4.78 is 0. The van der Waals surface area contributed by atoms with Crippen molar-refractivity contribution >= 4 is 23.2 Å². The molecule has 1 atom stereocenters. The Labute approximate surface area is 139 Å². The summed E-state index contributed by atoms with van der Waals surface area (Å²) in [5, 5.41) is 1.29. The van der Waals surface area contributed by atoms with E-state index in [9.17, 15) is 0 Å². The van der Waals surface area contributed by atoms with Gasteiger partial charge in [0.2, 0.25) is 0 Å². The molecule has 1 unspecified atom stereocenters. The maximum atomic E-state index is 6.45. The van der Waals surface area contributed by atoms with Crippen LogP contribution in [0.5, 0.6) is 0 Å². The van der Waals surface area contributed by atoms with Crippen LogP contribution in [-0.4, -0.2) is 6.04 Å². The summed E-state index contributed by atoms with van der Waals surface area (Å²) in [6.07, 6.45) is 5.89. The Kier molecular flexibility index (Phi) is 5.62. The Hall–Kier alpha value is -0.240. The van der Waals surface area contributed by atoms with Crippen molar-refractivity contribution in [3.63, 3.8) is 0 Å². The molecule has 1 aliphatic carbocycles. The van der Waals surface area contributed by atoms with Crippen molar-refractivity contribution in [3.8, 4) is 0 Å². The predicted molar refractivity (Wildman–Crippen MR) is 93.0 cm³/mol. The van der Waals surface area contributed by atoms with E-state index in [4.69, 9.17) is 28.9 Å². The number of halogens is 2. The van der Waals surface area contributed by atoms with E-state index in [0.717, 1.165) is 17.9 Å². The third-order valence-corrected chi connectivity index (χ3v) is 5.95. The van der Waals surface area contributed by atoms with Gasteiger partial charge in [-0.3, -0.25) is 0 Å². The number of hydrogen-bond donors (Lipinski definition) is 1. The Balaban J connectivity index is 1.93. The predicted octanol–water partition coefficient (Wildman–Crippen LogP) is 5.72. The molecule has 1 fully saturated rings. The third kappa shape index (κ3) is 4.37. The minimum absolute atomic E-state index is 0.182. The van der Waals surface area contributed by atoms with E-state index in [0.29, 0.717) is 21.4 Å². The number of nitrogens with two attached hydrogens (primary N) is 1. The van der Waals surface area contributed by atoms with Gasteiger partial charge in [0.25, 0.3) is 0 Å². The summed E-state index contributed by atoms with van der Waals surface area (Å²) in [4.78, 5) is 0. The smallest absolute Gasteiger partial charge is 0.0624 e. The first-order valence-corrected chi connectivity index (χ1v) is 8.73. The van der Waals surface area contributed by atoms with Crippen LogP contribution >= 0.6 is 23.2 Å². The normalized spacial score (nSPS) is 24.9. The molecule has 2 N–H and O–H groups in total. The fourth-order valence-electron chi connectivity index (χ4n) is 3.54. The lowest BCUT2D eigenvalue weighted by Gasteiger charge is -2.38. The molecule has 1 aromatic carbocycles. The fourth-order valence-corrected chi connectivity index (χ4v) is 3.94. The van der Waals surface area contributed by atoms with Crippen LogP contribution in [-0.2, 0) is 6.42 Å². The third-order valence-electron chi connectivity index (χ3n) is 5.09. The van der Waals surface area contributed by atoms with E-state index >= 15 is 0 Å². The molecule has 0 bridgehead atoms. The van der Waals surface area contributed by atoms with Crippen molar-refractivity contribution in [3.05, 3.63) is 33.8 Å². The van der Waals surface area contributed by atoms with Gasteiger partial charge in [0.05, 0.1) is 10.0 Å². The topological polar surface area (TPSA) is 26.0 Å². The van der Waals surface area contributed by atoms with Crippen LogP contribution in [0, 0.1) is 17.3 Å². The van der Waals surface area contributed by atoms with E-state index in [1.54, 1.807) is 0 Å². The van der Waals surface area contributed by atoms with E-state index < -0.39 is 0 Å². The summed E-state index contributed by atoms with van der Waals surface area (Å²) in [6.45, 7) is 7.05. The summed E-state index contributed by atoms with van der Waals surface area (Å²) >= 11 is 12.4. The number of rotatable bonds is 3. The van der Waals surface area contributed by atoms with E-state index in [1.807, 2.05) is 18.2 Å². The van der Waals surface area contributed by atoms with Crippen LogP contribution in [0.4, 0.5) is 0 Å². The minimum Gasteiger partial charge on any atom is -0.327 e. The molecule has 1 nitrogen and oxygen atoms in total. The van der Waals surface area contributed by atoms with Crippen molar-refractivity contribution in [1.82, 2.24) is 0 Å². The fraction of sp³-hybridized carbons (Fsp3) is 0.667. The standard InChI is InChI=1S/C18H27Cl2N/c1-18(2,3)14-9-7-12(8-10-14)16(21)11-13-5-4-6-15(19)17(13)20/h4-6,12,14,16H,7-11,21H2,1-3H3. The minimum atomic E-state index is 0.182. The van der Waals surface area contributed by atoms with E-state index in [-0.39, 0.29) is 6.04 Å². The molecule has 0 aliphatic heterocycles. The molecule has 1 saturated carbocycles. The zero-order valence-corrected chi connectivity index (χ0v) is 14.8. The molecular weight excluding hydrogens is 301 g/mol. The zero-order chi connectivity index (χ0) is 15.6. The summed E-state index contributed by atoms with van der Waals surface area (Å²) in [5.41, 5.74) is 7.95. The van der Waals surface area contributed by atoms with Gasteiger partial charge in [0.15, 0.2) is 0 Å². The lowest BCUT2D eigenvalue weighted by atomic mass is 9.68. The van der Waals surface area contributed by atoms with Crippen molar-refractivity contribution in [2.45, 2.75) is 58.9 Å². The Morgan fingerprint density at radius 2 is 1.76 bits per heavy atom. The summed E-state index contributed by atoms with van der Waals surface area (Å²) in [5.74, 6) is 1.44. The van der Waals surface area contributed by atoms with Gasteiger partial charge >= 0.3 is 0 Å². The highest BCUT2D eigenvalue weighted by atomic mass is 35.5. The second-order valence-corrected chi connectivity index (χ2v) is 8.34. The summed E-state index contributed by atoms with van der Waals surface area (Å²) in [7, 11) is 0. The van der Waals surface area contributed by atoms with Gasteiger partial charge in [0.1, 0.15) is 0 Å². The Morgan fingerprint density at radius 1 is 1.14 bits per heavy atom. The van der Waals surface area contributed by atoms with Gasteiger partial charge in [-0.05, 0) is 61.0 Å². The van der Waals surface area contributed by atoms with Gasteiger partial charge in [-0.2, -0.15) is 0 Å². The lowest BCUT2D eigenvalue weighted by molar-refractivity contribution is 0.139. The van der Waals surface area contributed by atoms with Crippen LogP contribution in [0.1, 0.15) is 52.0 Å². The zero-order valence-electron chi connectivity index (χ0n) is 13.3. The quantitative estimate of drug-likeness (QED) is 0.755. The second-order valence-electron chi connectivity index (χ2n) is 7.56. The first-order valence-electron chi connectivity index (χ1n) is 7.97. The van der Waals surface area contributed by atoms with Gasteiger partial charge in [0, 0.05) is 6.04 Å². The first-order chi connectivity index (χ1) is 9.79. The monoisotopic (exact) mass is 327 g/mol. The Morgan fingerprint density at radius 3 is 2.33 bits per heavy atom. The van der Waals surface area contributed by atoms with Gasteiger partial charge in [-0.25, -0.2) is 0 Å². The van der Waals surface area contributed by atoms with Crippen molar-refractivity contribution in [2.75, 3.05) is 0 Å². The molecule has 1 aromatic rings. The van der Waals surface area contributed by atoms with Crippen LogP contribution in [0.2, 0.25) is 10.0 Å². The maximum absolute atomic E-state index is 6.45. The average Bonchev–Trinajstić information content (AvgIpc) is 2.43. The van der Waals surface area contributed by atoms with E-state index in [1.165, 1.54) is 25.7 Å². The molecule has 2 rings (SSSR count). The van der Waals surface area contributed by atoms with Crippen molar-refractivity contribution in [1.29, 1.82) is 0 Å². The Bertz CT molecular complexity index is 471. The molecule has 118 valence electrons. The van der Waals surface area contributed by atoms with Crippen molar-refractivity contribution in [2.24, 2.45) is 23.0 Å². The molecular formula is C18H27Cl2N. The van der Waals surface area contributed by atoms with E-state index in [2.05, 4.69) is 20.8 Å². The number of benzene rings is 1. The first kappa shape index (κ1) is 17.1. The second kappa shape index (κ2) is 6.89. The number of hydrogen-bond acceptors (Lipinski definition) is 1. The SMILES string of the molecule is CC(C)(C)C1CCC(C(N)Cc2cccc(Cl)c2Cl)CC1. The van der Waals surface area contributed by atoms with Crippen LogP contribution in [0.3, 0.4) is 0 Å². The van der Waals surface area contributed by atoms with Gasteiger partial charge < -0.3 is 5.73 Å². The molecule has 3 heteroatoms. The highest BCUT2D eigenvalue weighted by molar-refractivity contribution is 6.42. The van der Waals surface area contributed by atoms with Gasteiger partial charge in [-0.15, -0.1) is 0 Å². The molecule has 0 amide bonds. The molecule has 21 heavy (non-hydrogen) atoms. The summed E-state index contributed by atoms with van der Waals surface area (Å²) in [6, 6.07) is 6.00. The molecule has 0 aromatic heterocycles. The van der Waals surface area contributed by atoms with Crippen LogP contribution in [0.15, 0.2) is 18.2 Å². The largest absolute Gasteiger partial charge is 0.327 e. The molecule has 0 heterocycles. The van der Waals surface area contributed by atoms with Crippen LogP contribution in [0.25, 0.3) is 0 Å². The highest BCUT2D eigenvalue weighted by Gasteiger charge is 2.31. The molecule has 0 spiro atoms. The molecule has 0 saturated heterocycles.